The fourth-order valence-electron chi connectivity index (χ4n) is 4.38. The SMILES string of the molecule is CC(C)(C)OC(=O)N1[C@@H](Cc2ccccc2)[C@H](CC(C#N)Cc2ccccc2)OC1(C)C. The van der Waals surface area contributed by atoms with Gasteiger partial charge in [0, 0.05) is 0 Å². The van der Waals surface area contributed by atoms with E-state index in [0.29, 0.717) is 19.3 Å². The van der Waals surface area contributed by atoms with Gasteiger partial charge in [0.15, 0.2) is 0 Å². The number of nitrogens with zero attached hydrogens (tertiary/aromatic N) is 2. The molecule has 2 aromatic carbocycles. The maximum Gasteiger partial charge on any atom is 0.412 e. The minimum Gasteiger partial charge on any atom is -0.444 e. The van der Waals surface area contributed by atoms with Gasteiger partial charge in [-0.2, -0.15) is 5.26 Å². The van der Waals surface area contributed by atoms with E-state index in [1.165, 1.54) is 0 Å². The van der Waals surface area contributed by atoms with E-state index in [1.807, 2.05) is 83.1 Å². The number of ether oxygens (including phenoxy) is 2. The first kappa shape index (κ1) is 23.8. The molecule has 3 rings (SSSR count). The quantitative estimate of drug-likeness (QED) is 0.581. The highest BCUT2D eigenvalue weighted by Gasteiger charge is 2.51. The van der Waals surface area contributed by atoms with E-state index in [-0.39, 0.29) is 24.2 Å². The van der Waals surface area contributed by atoms with E-state index < -0.39 is 11.3 Å². The standard InChI is InChI=1S/C27H34N2O3/c1-26(2,3)32-25(30)29-23(17-21-14-10-7-11-15-21)24(31-27(29,4)5)18-22(19-28)16-20-12-8-6-9-13-20/h6-15,22-24H,16-18H2,1-5H3/t22?,23-,24-/m0/s1. The normalized spacial score (nSPS) is 21.1. The molecule has 1 fully saturated rings. The lowest BCUT2D eigenvalue weighted by molar-refractivity contribution is -0.0811. The molecule has 0 aromatic heterocycles. The van der Waals surface area contributed by atoms with Crippen molar-refractivity contribution in [3.8, 4) is 6.07 Å². The second-order valence-electron chi connectivity index (χ2n) is 9.96. The third-order valence-electron chi connectivity index (χ3n) is 5.68. The summed E-state index contributed by atoms with van der Waals surface area (Å²) in [6, 6.07) is 22.3. The molecular formula is C27H34N2O3. The van der Waals surface area contributed by atoms with Gasteiger partial charge in [-0.25, -0.2) is 4.79 Å². The average Bonchev–Trinajstić information content (AvgIpc) is 2.97. The number of nitriles is 1. The van der Waals surface area contributed by atoms with Crippen molar-refractivity contribution in [3.63, 3.8) is 0 Å². The van der Waals surface area contributed by atoms with Gasteiger partial charge in [-0.3, -0.25) is 4.90 Å². The van der Waals surface area contributed by atoms with E-state index in [2.05, 4.69) is 18.2 Å². The Bertz CT molecular complexity index is 929. The van der Waals surface area contributed by atoms with Crippen LogP contribution in [0, 0.1) is 17.2 Å². The van der Waals surface area contributed by atoms with Crippen LogP contribution in [-0.4, -0.2) is 34.5 Å². The summed E-state index contributed by atoms with van der Waals surface area (Å²) in [5.41, 5.74) is 0.804. The number of carbonyl (C=O) groups excluding carboxylic acids is 1. The Kier molecular flexibility index (Phi) is 7.26. The van der Waals surface area contributed by atoms with Crippen LogP contribution in [0.5, 0.6) is 0 Å². The van der Waals surface area contributed by atoms with E-state index in [9.17, 15) is 10.1 Å². The van der Waals surface area contributed by atoms with Crippen LogP contribution in [0.4, 0.5) is 4.79 Å². The van der Waals surface area contributed by atoms with Crippen molar-refractivity contribution in [1.29, 1.82) is 5.26 Å². The van der Waals surface area contributed by atoms with Crippen molar-refractivity contribution in [2.24, 2.45) is 5.92 Å². The van der Waals surface area contributed by atoms with Gasteiger partial charge in [-0.15, -0.1) is 0 Å². The third kappa shape index (κ3) is 6.11. The zero-order valence-electron chi connectivity index (χ0n) is 19.7. The van der Waals surface area contributed by atoms with Crippen LogP contribution in [0.2, 0.25) is 0 Å². The highest BCUT2D eigenvalue weighted by atomic mass is 16.6. The number of carbonyl (C=O) groups is 1. The van der Waals surface area contributed by atoms with Crippen molar-refractivity contribution in [2.45, 2.75) is 77.4 Å². The molecule has 0 radical (unpaired) electrons. The molecule has 3 atom stereocenters. The highest BCUT2D eigenvalue weighted by molar-refractivity contribution is 5.70. The van der Waals surface area contributed by atoms with Gasteiger partial charge in [-0.1, -0.05) is 60.7 Å². The number of benzene rings is 2. The molecule has 1 amide bonds. The third-order valence-corrected chi connectivity index (χ3v) is 5.68. The molecule has 170 valence electrons. The summed E-state index contributed by atoms with van der Waals surface area (Å²) in [5, 5.41) is 9.87. The van der Waals surface area contributed by atoms with Gasteiger partial charge in [0.05, 0.1) is 24.1 Å². The molecule has 1 saturated heterocycles. The van der Waals surface area contributed by atoms with Gasteiger partial charge < -0.3 is 9.47 Å². The monoisotopic (exact) mass is 434 g/mol. The average molecular weight is 435 g/mol. The first-order valence-corrected chi connectivity index (χ1v) is 11.3. The second kappa shape index (κ2) is 9.75. The molecule has 5 nitrogen and oxygen atoms in total. The molecule has 2 aromatic rings. The predicted octanol–water partition coefficient (Wildman–Crippen LogP) is 5.74. The number of hydrogen-bond acceptors (Lipinski definition) is 4. The van der Waals surface area contributed by atoms with E-state index >= 15 is 0 Å². The molecule has 0 bridgehead atoms. The van der Waals surface area contributed by atoms with E-state index in [1.54, 1.807) is 4.90 Å². The summed E-state index contributed by atoms with van der Waals surface area (Å²) in [7, 11) is 0. The van der Waals surface area contributed by atoms with E-state index in [4.69, 9.17) is 9.47 Å². The summed E-state index contributed by atoms with van der Waals surface area (Å²) < 4.78 is 12.2. The van der Waals surface area contributed by atoms with Gasteiger partial charge in [-0.05, 0) is 65.0 Å². The minimum atomic E-state index is -0.834. The summed E-state index contributed by atoms with van der Waals surface area (Å²) in [6.45, 7) is 9.39. The molecule has 0 aliphatic carbocycles. The summed E-state index contributed by atoms with van der Waals surface area (Å²) >= 11 is 0. The Morgan fingerprint density at radius 2 is 1.66 bits per heavy atom. The predicted molar refractivity (Wildman–Crippen MR) is 125 cm³/mol. The lowest BCUT2D eigenvalue weighted by Crippen LogP contribution is -2.51. The maximum absolute atomic E-state index is 13.2. The topological polar surface area (TPSA) is 62.6 Å². The fourth-order valence-corrected chi connectivity index (χ4v) is 4.38. The summed E-state index contributed by atoms with van der Waals surface area (Å²) in [6.07, 6.45) is 1.18. The van der Waals surface area contributed by atoms with E-state index in [0.717, 1.165) is 11.1 Å². The molecule has 5 heteroatoms. The Hall–Kier alpha value is -2.84. The molecular weight excluding hydrogens is 400 g/mol. The molecule has 1 heterocycles. The first-order chi connectivity index (χ1) is 15.1. The lowest BCUT2D eigenvalue weighted by Gasteiger charge is -2.35. The zero-order valence-corrected chi connectivity index (χ0v) is 19.7. The molecule has 32 heavy (non-hydrogen) atoms. The summed E-state index contributed by atoms with van der Waals surface area (Å²) in [5.74, 6) is -0.213. The van der Waals surface area contributed by atoms with Gasteiger partial charge in [0.25, 0.3) is 0 Å². The van der Waals surface area contributed by atoms with Crippen molar-refractivity contribution in [3.05, 3.63) is 71.8 Å². The molecule has 0 spiro atoms. The fraction of sp³-hybridized carbons (Fsp3) is 0.481. The van der Waals surface area contributed by atoms with Crippen molar-refractivity contribution >= 4 is 6.09 Å². The molecule has 1 unspecified atom stereocenters. The lowest BCUT2D eigenvalue weighted by atomic mass is 9.90. The molecule has 1 aliphatic heterocycles. The largest absolute Gasteiger partial charge is 0.444 e. The van der Waals surface area contributed by atoms with Gasteiger partial charge >= 0.3 is 6.09 Å². The van der Waals surface area contributed by atoms with Crippen LogP contribution >= 0.6 is 0 Å². The zero-order chi connectivity index (χ0) is 23.4. The van der Waals surface area contributed by atoms with Crippen LogP contribution < -0.4 is 0 Å². The summed E-state index contributed by atoms with van der Waals surface area (Å²) in [4.78, 5) is 15.0. The number of rotatable bonds is 6. The molecule has 1 aliphatic rings. The van der Waals surface area contributed by atoms with Crippen molar-refractivity contribution in [2.75, 3.05) is 0 Å². The van der Waals surface area contributed by atoms with Crippen LogP contribution in [0.3, 0.4) is 0 Å². The minimum absolute atomic E-state index is 0.213. The highest BCUT2D eigenvalue weighted by Crippen LogP contribution is 2.38. The number of hydrogen-bond donors (Lipinski definition) is 0. The Labute approximate surface area is 191 Å². The Balaban J connectivity index is 1.87. The van der Waals surface area contributed by atoms with Crippen molar-refractivity contribution < 1.29 is 14.3 Å². The smallest absolute Gasteiger partial charge is 0.412 e. The van der Waals surface area contributed by atoms with Crippen LogP contribution in [0.15, 0.2) is 60.7 Å². The Morgan fingerprint density at radius 1 is 1.09 bits per heavy atom. The molecule has 0 N–H and O–H groups in total. The van der Waals surface area contributed by atoms with Crippen LogP contribution in [0.25, 0.3) is 0 Å². The molecule has 0 saturated carbocycles. The van der Waals surface area contributed by atoms with Gasteiger partial charge in [0.2, 0.25) is 0 Å². The Morgan fingerprint density at radius 3 is 2.19 bits per heavy atom. The van der Waals surface area contributed by atoms with Crippen LogP contribution in [-0.2, 0) is 22.3 Å². The maximum atomic E-state index is 13.2. The number of amides is 1. The van der Waals surface area contributed by atoms with Crippen LogP contribution in [0.1, 0.15) is 52.2 Å². The van der Waals surface area contributed by atoms with Gasteiger partial charge in [0.1, 0.15) is 11.3 Å². The first-order valence-electron chi connectivity index (χ1n) is 11.3. The second-order valence-corrected chi connectivity index (χ2v) is 9.96. The van der Waals surface area contributed by atoms with Crippen molar-refractivity contribution in [1.82, 2.24) is 4.90 Å².